The molecule has 0 amide bonds. The van der Waals surface area contributed by atoms with E-state index in [-0.39, 0.29) is 45.3 Å². The summed E-state index contributed by atoms with van der Waals surface area (Å²) >= 11 is 6.77. The van der Waals surface area contributed by atoms with Gasteiger partial charge in [-0.2, -0.15) is 23.8 Å². The van der Waals surface area contributed by atoms with Crippen LogP contribution in [0.2, 0.25) is 5.02 Å². The number of aromatic amines is 1. The lowest BCUT2D eigenvalue weighted by molar-refractivity contribution is 0.108. The zero-order chi connectivity index (χ0) is 31.9. The van der Waals surface area contributed by atoms with Crippen molar-refractivity contribution in [3.63, 3.8) is 0 Å². The van der Waals surface area contributed by atoms with Crippen LogP contribution in [0.15, 0.2) is 30.5 Å². The minimum atomic E-state index is -1.79. The Hall–Kier alpha value is -3.48. The largest absolute Gasteiger partial charge is 0.461 e. The van der Waals surface area contributed by atoms with Gasteiger partial charge in [0.2, 0.25) is 0 Å². The topological polar surface area (TPSA) is 82.2 Å². The summed E-state index contributed by atoms with van der Waals surface area (Å²) in [4.78, 5) is 13.5. The van der Waals surface area contributed by atoms with E-state index in [4.69, 9.17) is 21.3 Å². The van der Waals surface area contributed by atoms with E-state index in [2.05, 4.69) is 25.4 Å². The van der Waals surface area contributed by atoms with Gasteiger partial charge in [-0.25, -0.2) is 8.78 Å². The number of H-pyrrole nitrogens is 1. The molecule has 1 atom stereocenters. The quantitative estimate of drug-likeness (QED) is 0.219. The van der Waals surface area contributed by atoms with E-state index in [1.165, 1.54) is 12.3 Å². The third-order valence-corrected chi connectivity index (χ3v) is 9.45. The highest BCUT2D eigenvalue weighted by Crippen LogP contribution is 2.44. The predicted octanol–water partition coefficient (Wildman–Crippen LogP) is 7.01. The number of ether oxygens (including phenoxy) is 1. The van der Waals surface area contributed by atoms with E-state index < -0.39 is 23.8 Å². The van der Waals surface area contributed by atoms with Gasteiger partial charge in [-0.15, -0.1) is 0 Å². The summed E-state index contributed by atoms with van der Waals surface area (Å²) in [7, 11) is 0. The number of rotatable bonds is 6. The molecule has 7 rings (SSSR count). The van der Waals surface area contributed by atoms with Crippen molar-refractivity contribution in [2.75, 3.05) is 44.2 Å². The lowest BCUT2D eigenvalue weighted by Gasteiger charge is -2.34. The average Bonchev–Trinajstić information content (AvgIpc) is 3.75. The number of hydrogen-bond donors (Lipinski definition) is 2. The number of benzene rings is 2. The van der Waals surface area contributed by atoms with Gasteiger partial charge in [-0.05, 0) is 69.5 Å². The summed E-state index contributed by atoms with van der Waals surface area (Å²) in [5.41, 5.74) is 0.731. The first-order valence-corrected chi connectivity index (χ1v) is 15.8. The van der Waals surface area contributed by atoms with Gasteiger partial charge in [-0.1, -0.05) is 25.4 Å². The van der Waals surface area contributed by atoms with Crippen LogP contribution >= 0.6 is 11.6 Å². The van der Waals surface area contributed by atoms with Gasteiger partial charge >= 0.3 is 6.01 Å². The molecule has 240 valence electrons. The molecule has 0 radical (unpaired) electrons. The van der Waals surface area contributed by atoms with Gasteiger partial charge in [0.05, 0.1) is 22.3 Å². The molecule has 3 aliphatic heterocycles. The van der Waals surface area contributed by atoms with Crippen LogP contribution in [0.4, 0.5) is 23.4 Å². The van der Waals surface area contributed by atoms with Gasteiger partial charge < -0.3 is 15.0 Å². The molecule has 0 aliphatic carbocycles. The lowest BCUT2D eigenvalue weighted by atomic mass is 9.94. The van der Waals surface area contributed by atoms with E-state index in [1.54, 1.807) is 13.0 Å². The summed E-state index contributed by atoms with van der Waals surface area (Å²) < 4.78 is 64.2. The Morgan fingerprint density at radius 2 is 1.84 bits per heavy atom. The first-order valence-electron chi connectivity index (χ1n) is 15.5. The molecule has 0 saturated carbocycles. The Bertz CT molecular complexity index is 1750. The molecule has 0 bridgehead atoms. The fourth-order valence-electron chi connectivity index (χ4n) is 7.07. The minimum Gasteiger partial charge on any atom is -0.461 e. The van der Waals surface area contributed by atoms with Crippen LogP contribution in [0.25, 0.3) is 32.9 Å². The number of anilines is 1. The molecule has 3 aliphatic rings. The molecule has 0 spiro atoms. The van der Waals surface area contributed by atoms with Crippen LogP contribution in [0.5, 0.6) is 6.01 Å². The molecule has 8 nitrogen and oxygen atoms in total. The molecule has 45 heavy (non-hydrogen) atoms. The van der Waals surface area contributed by atoms with Crippen molar-refractivity contribution >= 4 is 39.2 Å². The molecular weight excluding hydrogens is 610 g/mol. The maximum absolute atomic E-state index is 16.8. The van der Waals surface area contributed by atoms with Gasteiger partial charge in [0.25, 0.3) is 6.08 Å². The summed E-state index contributed by atoms with van der Waals surface area (Å²) in [6, 6.07) is 2.22. The monoisotopic (exact) mass is 645 g/mol. The second-order valence-corrected chi connectivity index (χ2v) is 12.0. The first kappa shape index (κ1) is 31.5. The van der Waals surface area contributed by atoms with Crippen molar-refractivity contribution in [2.45, 2.75) is 58.0 Å². The predicted molar refractivity (Wildman–Crippen MR) is 168 cm³/mol. The summed E-state index contributed by atoms with van der Waals surface area (Å²) in [5, 5.41) is 10.7. The number of aromatic nitrogens is 4. The Morgan fingerprint density at radius 1 is 1.09 bits per heavy atom. The average molecular weight is 646 g/mol. The summed E-state index contributed by atoms with van der Waals surface area (Å²) in [6.45, 7) is 8.95. The van der Waals surface area contributed by atoms with E-state index in [1.807, 2.05) is 18.7 Å². The molecule has 3 fully saturated rings. The van der Waals surface area contributed by atoms with Crippen LogP contribution in [0, 0.1) is 18.6 Å². The van der Waals surface area contributed by atoms with Crippen molar-refractivity contribution in [3.05, 3.63) is 52.7 Å². The zero-order valence-corrected chi connectivity index (χ0v) is 26.2. The van der Waals surface area contributed by atoms with E-state index in [0.717, 1.165) is 44.8 Å². The number of nitrogens with one attached hydrogen (secondary N) is 2. The molecule has 13 heteroatoms. The smallest absolute Gasteiger partial charge is 0.319 e. The Labute approximate surface area is 263 Å². The molecule has 3 saturated heterocycles. The molecular formula is C32H36ClF4N7O. The van der Waals surface area contributed by atoms with Crippen LogP contribution in [0.3, 0.4) is 0 Å². The van der Waals surface area contributed by atoms with Crippen LogP contribution in [0.1, 0.15) is 45.1 Å². The second kappa shape index (κ2) is 12.7. The normalized spacial score (nSPS) is 19.5. The molecule has 2 aromatic heterocycles. The van der Waals surface area contributed by atoms with Crippen LogP contribution < -0.4 is 15.0 Å². The van der Waals surface area contributed by atoms with Gasteiger partial charge in [0, 0.05) is 47.6 Å². The third-order valence-electron chi connectivity index (χ3n) is 9.15. The van der Waals surface area contributed by atoms with Crippen molar-refractivity contribution in [3.8, 4) is 17.1 Å². The highest BCUT2D eigenvalue weighted by atomic mass is 35.5. The van der Waals surface area contributed by atoms with Crippen LogP contribution in [-0.4, -0.2) is 76.0 Å². The number of nitrogens with zero attached hydrogens (tertiary/aromatic N) is 5. The summed E-state index contributed by atoms with van der Waals surface area (Å²) in [6.07, 6.45) is 4.74. The SMILES string of the molecule is CC.Cc1c(F)cc2[nH]ncc2c1-c1c(Cl)cc2c(N3CCNC(C=C(F)F)C3)nc(OCC34CCCN3CCC4)nc2c1F. The Morgan fingerprint density at radius 3 is 2.58 bits per heavy atom. The second-order valence-electron chi connectivity index (χ2n) is 11.6. The van der Waals surface area contributed by atoms with Gasteiger partial charge in [-0.3, -0.25) is 10.00 Å². The number of hydrogen-bond acceptors (Lipinski definition) is 7. The standard InChI is InChI=1S/C30H30ClF4N7O.C2H6/c1-16-21(32)12-22-19(13-37-40-22)24(16)25-20(31)11-18-27(26(25)35)38-29(43-15-30-4-2-7-42(30)8-3-5-30)39-28(18)41-9-6-36-17(14-41)10-23(33)34;1-2/h10-13,17,36H,2-9,14-15H2,1H3,(H,37,40);1-2H3. The van der Waals surface area contributed by atoms with E-state index in [0.29, 0.717) is 41.8 Å². The molecule has 5 heterocycles. The number of fused-ring (bicyclic) bond motifs is 3. The number of halogens is 5. The fourth-order valence-corrected chi connectivity index (χ4v) is 7.36. The Kier molecular flexibility index (Phi) is 8.91. The maximum Gasteiger partial charge on any atom is 0.319 e. The van der Waals surface area contributed by atoms with Gasteiger partial charge in [0.15, 0.2) is 5.82 Å². The van der Waals surface area contributed by atoms with E-state index in [9.17, 15) is 13.2 Å². The molecule has 4 aromatic rings. The molecule has 1 unspecified atom stereocenters. The van der Waals surface area contributed by atoms with Crippen molar-refractivity contribution in [1.29, 1.82) is 0 Å². The Balaban J connectivity index is 0.00000175. The third kappa shape index (κ3) is 5.72. The molecule has 2 aromatic carbocycles. The summed E-state index contributed by atoms with van der Waals surface area (Å²) in [5.74, 6) is -0.954. The maximum atomic E-state index is 16.8. The van der Waals surface area contributed by atoms with E-state index >= 15 is 4.39 Å². The first-order chi connectivity index (χ1) is 21.7. The minimum absolute atomic E-state index is 0.00508. The van der Waals surface area contributed by atoms with Crippen molar-refractivity contribution < 1.29 is 22.3 Å². The lowest BCUT2D eigenvalue weighted by Crippen LogP contribution is -2.50. The van der Waals surface area contributed by atoms with Gasteiger partial charge in [0.1, 0.15) is 23.8 Å². The molecule has 2 N–H and O–H groups in total. The van der Waals surface area contributed by atoms with Crippen molar-refractivity contribution in [2.24, 2.45) is 0 Å². The zero-order valence-electron chi connectivity index (χ0n) is 25.5. The highest BCUT2D eigenvalue weighted by molar-refractivity contribution is 6.35. The highest BCUT2D eigenvalue weighted by Gasteiger charge is 2.45. The van der Waals surface area contributed by atoms with Crippen molar-refractivity contribution in [1.82, 2.24) is 30.4 Å². The fraction of sp³-hybridized carbons (Fsp3) is 0.469. The van der Waals surface area contributed by atoms with Crippen LogP contribution in [-0.2, 0) is 0 Å². The number of piperazine rings is 1.